The Kier molecular flexibility index (Phi) is 5.16. The van der Waals surface area contributed by atoms with E-state index in [9.17, 15) is 4.79 Å². The van der Waals surface area contributed by atoms with E-state index < -0.39 is 0 Å². The summed E-state index contributed by atoms with van der Waals surface area (Å²) >= 11 is 0. The second-order valence-electron chi connectivity index (χ2n) is 6.36. The first kappa shape index (κ1) is 17.2. The van der Waals surface area contributed by atoms with Crippen molar-refractivity contribution < 1.29 is 4.79 Å². The van der Waals surface area contributed by atoms with Crippen LogP contribution in [0.15, 0.2) is 30.3 Å². The lowest BCUT2D eigenvalue weighted by Crippen LogP contribution is -2.48. The number of hydrogen-bond acceptors (Lipinski definition) is 5. The summed E-state index contributed by atoms with van der Waals surface area (Å²) in [5, 5.41) is 3.36. The van der Waals surface area contributed by atoms with Gasteiger partial charge in [0.05, 0.1) is 0 Å². The Labute approximate surface area is 148 Å². The Morgan fingerprint density at radius 3 is 2.40 bits per heavy atom. The van der Waals surface area contributed by atoms with Gasteiger partial charge in [0, 0.05) is 50.6 Å². The lowest BCUT2D eigenvalue weighted by atomic mass is 10.1. The lowest BCUT2D eigenvalue weighted by Gasteiger charge is -2.34. The van der Waals surface area contributed by atoms with Crippen molar-refractivity contribution in [1.29, 1.82) is 0 Å². The number of benzene rings is 1. The highest BCUT2D eigenvalue weighted by molar-refractivity contribution is 5.73. The highest BCUT2D eigenvalue weighted by Gasteiger charge is 2.21. The van der Waals surface area contributed by atoms with Gasteiger partial charge >= 0.3 is 0 Å². The number of rotatable bonds is 4. The predicted octanol–water partition coefficient (Wildman–Crippen LogP) is 2.76. The number of nitrogens with one attached hydrogen (secondary N) is 1. The van der Waals surface area contributed by atoms with Crippen molar-refractivity contribution in [2.45, 2.75) is 27.2 Å². The molecule has 0 saturated carbocycles. The number of aromatic nitrogens is 2. The van der Waals surface area contributed by atoms with Crippen LogP contribution in [0.25, 0.3) is 0 Å². The largest absolute Gasteiger partial charge is 0.340 e. The van der Waals surface area contributed by atoms with Crippen molar-refractivity contribution in [1.82, 2.24) is 14.9 Å². The summed E-state index contributed by atoms with van der Waals surface area (Å²) in [5.74, 6) is 1.64. The van der Waals surface area contributed by atoms with Crippen molar-refractivity contribution >= 4 is 23.4 Å². The molecule has 25 heavy (non-hydrogen) atoms. The molecule has 0 aliphatic carbocycles. The van der Waals surface area contributed by atoms with E-state index in [0.29, 0.717) is 13.1 Å². The average molecular weight is 339 g/mol. The average Bonchev–Trinajstić information content (AvgIpc) is 2.62. The van der Waals surface area contributed by atoms with E-state index >= 15 is 0 Å². The molecule has 0 bridgehead atoms. The number of piperazine rings is 1. The number of carbonyl (C=O) groups excluding carboxylic acids is 1. The number of nitrogens with zero attached hydrogens (tertiary/aromatic N) is 4. The van der Waals surface area contributed by atoms with Crippen LogP contribution in [0.2, 0.25) is 0 Å². The quantitative estimate of drug-likeness (QED) is 0.928. The fourth-order valence-corrected chi connectivity index (χ4v) is 2.95. The Balaban J connectivity index is 1.73. The molecule has 6 heteroatoms. The van der Waals surface area contributed by atoms with Crippen molar-refractivity contribution in [3.8, 4) is 0 Å². The number of aryl methyl sites for hydroxylation is 2. The fourth-order valence-electron chi connectivity index (χ4n) is 2.95. The molecule has 1 saturated heterocycles. The molecule has 1 aromatic heterocycles. The molecule has 2 heterocycles. The highest BCUT2D eigenvalue weighted by atomic mass is 16.2. The van der Waals surface area contributed by atoms with E-state index in [-0.39, 0.29) is 5.91 Å². The van der Waals surface area contributed by atoms with Gasteiger partial charge in [-0.1, -0.05) is 19.1 Å². The van der Waals surface area contributed by atoms with Crippen LogP contribution >= 0.6 is 0 Å². The van der Waals surface area contributed by atoms with Gasteiger partial charge in [-0.2, -0.15) is 4.98 Å². The van der Waals surface area contributed by atoms with Crippen molar-refractivity contribution in [3.63, 3.8) is 0 Å². The number of hydrogen-bond donors (Lipinski definition) is 1. The molecule has 0 spiro atoms. The van der Waals surface area contributed by atoms with Crippen molar-refractivity contribution in [2.75, 3.05) is 36.4 Å². The first-order chi connectivity index (χ1) is 12.0. The minimum absolute atomic E-state index is 0.127. The van der Waals surface area contributed by atoms with Gasteiger partial charge in [0.15, 0.2) is 0 Å². The Morgan fingerprint density at radius 2 is 1.80 bits per heavy atom. The van der Waals surface area contributed by atoms with Crippen LogP contribution in [0.5, 0.6) is 0 Å². The van der Waals surface area contributed by atoms with Crippen LogP contribution in [-0.4, -0.2) is 47.0 Å². The maximum absolute atomic E-state index is 11.5. The summed E-state index contributed by atoms with van der Waals surface area (Å²) in [4.78, 5) is 24.7. The topological polar surface area (TPSA) is 61.4 Å². The molecular formula is C19H25N5O. The van der Waals surface area contributed by atoms with Crippen molar-refractivity contribution in [3.05, 3.63) is 41.6 Å². The third-order valence-corrected chi connectivity index (χ3v) is 4.48. The smallest absolute Gasteiger partial charge is 0.227 e. The standard InChI is InChI=1S/C19H25N5O/c1-4-16-5-7-17(8-6-16)21-18-13-14(2)20-19(22-18)24-11-9-23(10-12-24)15(3)25/h5-8,13H,4,9-12H2,1-3H3,(H,20,21,22). The van der Waals surface area contributed by atoms with Crippen molar-refractivity contribution in [2.24, 2.45) is 0 Å². The highest BCUT2D eigenvalue weighted by Crippen LogP contribution is 2.20. The fraction of sp³-hybridized carbons (Fsp3) is 0.421. The Hall–Kier alpha value is -2.63. The van der Waals surface area contributed by atoms with Gasteiger partial charge in [0.2, 0.25) is 11.9 Å². The molecule has 1 aliphatic rings. The first-order valence-electron chi connectivity index (χ1n) is 8.77. The molecule has 0 atom stereocenters. The number of carbonyl (C=O) groups is 1. The van der Waals surface area contributed by atoms with Gasteiger partial charge in [-0.3, -0.25) is 4.79 Å². The number of anilines is 3. The van der Waals surface area contributed by atoms with Crippen LogP contribution in [0.1, 0.15) is 25.1 Å². The molecule has 1 aromatic carbocycles. The monoisotopic (exact) mass is 339 g/mol. The van der Waals surface area contributed by atoms with Crippen LogP contribution in [0.4, 0.5) is 17.5 Å². The van der Waals surface area contributed by atoms with Crippen LogP contribution < -0.4 is 10.2 Å². The van der Waals surface area contributed by atoms with Gasteiger partial charge in [0.1, 0.15) is 5.82 Å². The summed E-state index contributed by atoms with van der Waals surface area (Å²) in [7, 11) is 0. The van der Waals surface area contributed by atoms with E-state index in [1.54, 1.807) is 6.92 Å². The first-order valence-corrected chi connectivity index (χ1v) is 8.77. The minimum Gasteiger partial charge on any atom is -0.340 e. The second kappa shape index (κ2) is 7.51. The molecule has 132 valence electrons. The van der Waals surface area contributed by atoms with Gasteiger partial charge < -0.3 is 15.1 Å². The van der Waals surface area contributed by atoms with Gasteiger partial charge in [0.25, 0.3) is 0 Å². The molecule has 3 rings (SSSR count). The molecule has 0 radical (unpaired) electrons. The molecular weight excluding hydrogens is 314 g/mol. The summed E-state index contributed by atoms with van der Waals surface area (Å²) < 4.78 is 0. The SMILES string of the molecule is CCc1ccc(Nc2cc(C)nc(N3CCN(C(C)=O)CC3)n2)cc1. The lowest BCUT2D eigenvalue weighted by molar-refractivity contribution is -0.129. The summed E-state index contributed by atoms with van der Waals surface area (Å²) in [6.07, 6.45) is 1.03. The third-order valence-electron chi connectivity index (χ3n) is 4.48. The zero-order valence-electron chi connectivity index (χ0n) is 15.1. The predicted molar refractivity (Wildman–Crippen MR) is 100 cm³/mol. The van der Waals surface area contributed by atoms with Crippen LogP contribution in [0, 0.1) is 6.92 Å². The number of amides is 1. The summed E-state index contributed by atoms with van der Waals surface area (Å²) in [5.41, 5.74) is 3.25. The Bertz CT molecular complexity index is 736. The summed E-state index contributed by atoms with van der Waals surface area (Å²) in [6, 6.07) is 10.3. The van der Waals surface area contributed by atoms with E-state index in [1.165, 1.54) is 5.56 Å². The maximum atomic E-state index is 11.5. The van der Waals surface area contributed by atoms with E-state index in [0.717, 1.165) is 42.7 Å². The zero-order valence-corrected chi connectivity index (χ0v) is 15.1. The molecule has 1 amide bonds. The minimum atomic E-state index is 0.127. The van der Waals surface area contributed by atoms with E-state index in [4.69, 9.17) is 0 Å². The van der Waals surface area contributed by atoms with Gasteiger partial charge in [-0.15, -0.1) is 0 Å². The molecule has 1 aliphatic heterocycles. The maximum Gasteiger partial charge on any atom is 0.227 e. The second-order valence-corrected chi connectivity index (χ2v) is 6.36. The van der Waals surface area contributed by atoms with E-state index in [2.05, 4.69) is 51.4 Å². The summed E-state index contributed by atoms with van der Waals surface area (Å²) in [6.45, 7) is 8.68. The third kappa shape index (κ3) is 4.26. The Morgan fingerprint density at radius 1 is 1.12 bits per heavy atom. The molecule has 6 nitrogen and oxygen atoms in total. The molecule has 2 aromatic rings. The molecule has 0 unspecified atom stereocenters. The van der Waals surface area contributed by atoms with Gasteiger partial charge in [-0.05, 0) is 31.0 Å². The molecule has 1 fully saturated rings. The zero-order chi connectivity index (χ0) is 17.8. The van der Waals surface area contributed by atoms with Crippen LogP contribution in [-0.2, 0) is 11.2 Å². The van der Waals surface area contributed by atoms with Gasteiger partial charge in [-0.25, -0.2) is 4.98 Å². The van der Waals surface area contributed by atoms with E-state index in [1.807, 2.05) is 17.9 Å². The van der Waals surface area contributed by atoms with Crippen LogP contribution in [0.3, 0.4) is 0 Å². The molecule has 1 N–H and O–H groups in total. The normalized spacial score (nSPS) is 14.5.